The van der Waals surface area contributed by atoms with Crippen molar-refractivity contribution in [3.8, 4) is 0 Å². The second-order valence-electron chi connectivity index (χ2n) is 2.16. The molecule has 0 fully saturated rings. The molecule has 1 aromatic rings. The number of anilines is 1. The fourth-order valence-electron chi connectivity index (χ4n) is 0.759. The lowest BCUT2D eigenvalue weighted by Crippen LogP contribution is -1.94. The van der Waals surface area contributed by atoms with Crippen molar-refractivity contribution in [2.45, 2.75) is 11.8 Å². The van der Waals surface area contributed by atoms with Crippen molar-refractivity contribution in [2.75, 3.05) is 5.73 Å². The molecule has 1 nitrogen and oxygen atoms in total. The maximum atomic E-state index is 12.6. The van der Waals surface area contributed by atoms with E-state index in [9.17, 15) is 8.28 Å². The number of nitrogens with two attached hydrogens (primary N) is 1. The van der Waals surface area contributed by atoms with Gasteiger partial charge >= 0.3 is 0 Å². The largest absolute Gasteiger partial charge is 0.396 e. The summed E-state index contributed by atoms with van der Waals surface area (Å²) < 4.78 is 24.7. The normalized spacial score (nSPS) is 10.1. The van der Waals surface area contributed by atoms with Gasteiger partial charge in [0.1, 0.15) is 5.82 Å². The maximum absolute atomic E-state index is 12.6. The van der Waals surface area contributed by atoms with E-state index in [1.54, 1.807) is 6.92 Å². The number of hydrogen-bond acceptors (Lipinski definition) is 2. The summed E-state index contributed by atoms with van der Waals surface area (Å²) in [5.41, 5.74) is 5.78. The van der Waals surface area contributed by atoms with Crippen molar-refractivity contribution in [1.82, 2.24) is 0 Å². The molecule has 0 bridgehead atoms. The van der Waals surface area contributed by atoms with E-state index >= 15 is 0 Å². The van der Waals surface area contributed by atoms with E-state index in [2.05, 4.69) is 0 Å². The highest BCUT2D eigenvalue weighted by atomic mass is 32.2. The van der Waals surface area contributed by atoms with Crippen LogP contribution in [0.4, 0.5) is 14.0 Å². The van der Waals surface area contributed by atoms with E-state index in [0.717, 1.165) is 6.07 Å². The molecule has 0 amide bonds. The molecule has 60 valence electrons. The molecule has 0 heterocycles. The Morgan fingerprint density at radius 2 is 2.09 bits per heavy atom. The summed E-state index contributed by atoms with van der Waals surface area (Å²) in [5.74, 6) is -0.500. The molecule has 0 spiro atoms. The lowest BCUT2D eigenvalue weighted by atomic mass is 10.2. The summed E-state index contributed by atoms with van der Waals surface area (Å²) in [4.78, 5) is 0.365. The van der Waals surface area contributed by atoms with Gasteiger partial charge in [0.05, 0.1) is 17.8 Å². The molecule has 0 aromatic heterocycles. The Morgan fingerprint density at radius 1 is 1.45 bits per heavy atom. The second kappa shape index (κ2) is 3.09. The molecule has 0 radical (unpaired) electrons. The lowest BCUT2D eigenvalue weighted by molar-refractivity contribution is 0.630. The van der Waals surface area contributed by atoms with Crippen LogP contribution < -0.4 is 5.73 Å². The molecule has 0 atom stereocenters. The van der Waals surface area contributed by atoms with E-state index < -0.39 is 5.82 Å². The summed E-state index contributed by atoms with van der Waals surface area (Å²) in [7, 11) is 0. The number of halogens is 2. The Hall–Kier alpha value is -0.770. The third-order valence-electron chi connectivity index (χ3n) is 1.50. The van der Waals surface area contributed by atoms with Gasteiger partial charge in [-0.15, -0.1) is 0 Å². The molecule has 1 aromatic carbocycles. The molecule has 1 rings (SSSR count). The summed E-state index contributed by atoms with van der Waals surface area (Å²) >= 11 is 0.0716. The quantitative estimate of drug-likeness (QED) is 0.664. The van der Waals surface area contributed by atoms with Crippen molar-refractivity contribution in [3.63, 3.8) is 0 Å². The number of rotatable bonds is 1. The van der Waals surface area contributed by atoms with Crippen LogP contribution in [0.1, 0.15) is 5.56 Å². The molecule has 0 aliphatic heterocycles. The topological polar surface area (TPSA) is 26.0 Å². The van der Waals surface area contributed by atoms with Gasteiger partial charge in [-0.2, -0.15) is 3.89 Å². The van der Waals surface area contributed by atoms with Gasteiger partial charge in [0.15, 0.2) is 0 Å². The first-order valence-corrected chi connectivity index (χ1v) is 3.71. The number of hydrogen-bond donors (Lipinski definition) is 1. The minimum atomic E-state index is -0.500. The van der Waals surface area contributed by atoms with Gasteiger partial charge in [0, 0.05) is 4.90 Å². The van der Waals surface area contributed by atoms with Crippen LogP contribution in [0.3, 0.4) is 0 Å². The average Bonchev–Trinajstić information content (AvgIpc) is 2.01. The highest BCUT2D eigenvalue weighted by molar-refractivity contribution is 7.94. The van der Waals surface area contributed by atoms with Crippen LogP contribution in [-0.2, 0) is 0 Å². The van der Waals surface area contributed by atoms with Gasteiger partial charge in [-0.1, -0.05) is 0 Å². The first kappa shape index (κ1) is 8.33. The Bertz CT molecular complexity index is 275. The van der Waals surface area contributed by atoms with Crippen LogP contribution in [0.25, 0.3) is 0 Å². The lowest BCUT2D eigenvalue weighted by Gasteiger charge is -2.03. The predicted octanol–water partition coefficient (Wildman–Crippen LogP) is 2.69. The van der Waals surface area contributed by atoms with Crippen molar-refractivity contribution in [3.05, 3.63) is 23.5 Å². The number of nitrogen functional groups attached to an aromatic ring is 1. The summed E-state index contributed by atoms with van der Waals surface area (Å²) in [6.45, 7) is 1.58. The van der Waals surface area contributed by atoms with Crippen LogP contribution in [0, 0.1) is 12.7 Å². The maximum Gasteiger partial charge on any atom is 0.146 e. The van der Waals surface area contributed by atoms with Crippen LogP contribution in [0.15, 0.2) is 17.0 Å². The average molecular weight is 175 g/mol. The molecular weight excluding hydrogens is 168 g/mol. The third-order valence-corrected chi connectivity index (χ3v) is 2.10. The molecule has 0 saturated heterocycles. The van der Waals surface area contributed by atoms with Gasteiger partial charge in [-0.05, 0) is 24.6 Å². The highest BCUT2D eigenvalue weighted by Crippen LogP contribution is 2.28. The Labute approximate surface area is 67.9 Å². The van der Waals surface area contributed by atoms with E-state index in [4.69, 9.17) is 5.73 Å². The first-order valence-electron chi connectivity index (χ1n) is 3.00. The fraction of sp³-hybridized carbons (Fsp3) is 0.143. The second-order valence-corrected chi connectivity index (χ2v) is 2.76. The van der Waals surface area contributed by atoms with Crippen molar-refractivity contribution in [2.24, 2.45) is 0 Å². The predicted molar refractivity (Wildman–Crippen MR) is 42.5 cm³/mol. The summed E-state index contributed by atoms with van der Waals surface area (Å²) in [6.07, 6.45) is 0. The Kier molecular flexibility index (Phi) is 2.34. The molecule has 0 saturated carbocycles. The SMILES string of the molecule is Cc1c(SF)ccc(F)c1N. The highest BCUT2D eigenvalue weighted by Gasteiger charge is 2.06. The van der Waals surface area contributed by atoms with Crippen LogP contribution in [-0.4, -0.2) is 0 Å². The van der Waals surface area contributed by atoms with Gasteiger partial charge in [0.2, 0.25) is 0 Å². The van der Waals surface area contributed by atoms with E-state index in [1.807, 2.05) is 0 Å². The molecule has 2 N–H and O–H groups in total. The molecule has 0 unspecified atom stereocenters. The monoisotopic (exact) mass is 175 g/mol. The molecule has 11 heavy (non-hydrogen) atoms. The van der Waals surface area contributed by atoms with Gasteiger partial charge in [0.25, 0.3) is 0 Å². The van der Waals surface area contributed by atoms with Crippen LogP contribution in [0.5, 0.6) is 0 Å². The van der Waals surface area contributed by atoms with Crippen molar-refractivity contribution >= 4 is 17.8 Å². The minimum absolute atomic E-state index is 0.0210. The number of benzene rings is 1. The molecular formula is C7H7F2NS. The van der Waals surface area contributed by atoms with E-state index in [-0.39, 0.29) is 17.8 Å². The zero-order chi connectivity index (χ0) is 8.43. The Balaban J connectivity index is 3.25. The zero-order valence-corrected chi connectivity index (χ0v) is 6.71. The van der Waals surface area contributed by atoms with E-state index in [1.165, 1.54) is 6.07 Å². The van der Waals surface area contributed by atoms with Crippen LogP contribution in [0.2, 0.25) is 0 Å². The van der Waals surface area contributed by atoms with Gasteiger partial charge in [-0.3, -0.25) is 0 Å². The minimum Gasteiger partial charge on any atom is -0.396 e. The molecule has 0 aliphatic rings. The summed E-state index contributed by atoms with van der Waals surface area (Å²) in [5, 5.41) is 0. The Morgan fingerprint density at radius 3 is 2.64 bits per heavy atom. The van der Waals surface area contributed by atoms with Gasteiger partial charge in [-0.25, -0.2) is 4.39 Å². The third kappa shape index (κ3) is 1.45. The standard InChI is InChI=1S/C7H7F2NS/c1-4-6(11-9)3-2-5(8)7(4)10/h2-3H,10H2,1H3. The molecule has 4 heteroatoms. The van der Waals surface area contributed by atoms with Crippen LogP contribution >= 0.6 is 12.1 Å². The summed E-state index contributed by atoms with van der Waals surface area (Å²) in [6, 6.07) is 2.52. The first-order chi connectivity index (χ1) is 5.16. The van der Waals surface area contributed by atoms with E-state index in [0.29, 0.717) is 10.5 Å². The fourth-order valence-corrected chi connectivity index (χ4v) is 1.10. The zero-order valence-electron chi connectivity index (χ0n) is 5.90. The smallest absolute Gasteiger partial charge is 0.146 e. The molecule has 0 aliphatic carbocycles. The van der Waals surface area contributed by atoms with Crippen molar-refractivity contribution in [1.29, 1.82) is 0 Å². The van der Waals surface area contributed by atoms with Crippen molar-refractivity contribution < 1.29 is 8.28 Å². The van der Waals surface area contributed by atoms with Gasteiger partial charge < -0.3 is 5.73 Å².